The summed E-state index contributed by atoms with van der Waals surface area (Å²) in [6, 6.07) is 6.52. The molecule has 2 N–H and O–H groups in total. The third kappa shape index (κ3) is 2.91. The van der Waals surface area contributed by atoms with Gasteiger partial charge in [0, 0.05) is 0 Å². The van der Waals surface area contributed by atoms with Crippen LogP contribution in [0.4, 0.5) is 16.0 Å². The highest BCUT2D eigenvalue weighted by molar-refractivity contribution is 6.05. The van der Waals surface area contributed by atoms with E-state index in [1.54, 1.807) is 6.07 Å². The number of hydrogen-bond donors (Lipinski definition) is 2. The van der Waals surface area contributed by atoms with E-state index in [0.717, 1.165) is 24.2 Å². The summed E-state index contributed by atoms with van der Waals surface area (Å²) in [4.78, 5) is 4.87. The molecule has 1 aliphatic carbocycles. The summed E-state index contributed by atoms with van der Waals surface area (Å²) in [6.45, 7) is 0. The third-order valence-corrected chi connectivity index (χ3v) is 4.37. The smallest absolute Gasteiger partial charge is 0.220 e. The molecular weight excluding hydrogens is 297 g/mol. The molecule has 1 aromatic carbocycles. The normalized spacial score (nSPS) is 23.2. The van der Waals surface area contributed by atoms with Gasteiger partial charge >= 0.3 is 0 Å². The van der Waals surface area contributed by atoms with Crippen LogP contribution < -0.4 is 10.6 Å². The fourth-order valence-corrected chi connectivity index (χ4v) is 3.20. The minimum atomic E-state index is -0.285. The van der Waals surface area contributed by atoms with E-state index in [0.29, 0.717) is 17.7 Å². The van der Waals surface area contributed by atoms with Gasteiger partial charge in [0.2, 0.25) is 11.6 Å². The van der Waals surface area contributed by atoms with Crippen molar-refractivity contribution >= 4 is 17.5 Å². The average molecular weight is 315 g/mol. The molecule has 120 valence electrons. The summed E-state index contributed by atoms with van der Waals surface area (Å²) in [7, 11) is 0. The maximum Gasteiger partial charge on any atom is 0.220 e. The maximum absolute atomic E-state index is 13.6. The lowest BCUT2D eigenvalue weighted by Gasteiger charge is -2.28. The number of hydrogen-bond acceptors (Lipinski definition) is 5. The number of anilines is 2. The Morgan fingerprint density at radius 3 is 2.78 bits per heavy atom. The van der Waals surface area contributed by atoms with Crippen LogP contribution in [0.2, 0.25) is 0 Å². The first-order chi connectivity index (χ1) is 11.3. The van der Waals surface area contributed by atoms with Crippen molar-refractivity contribution in [2.24, 2.45) is 4.99 Å². The summed E-state index contributed by atoms with van der Waals surface area (Å²) in [5, 5.41) is 14.1. The molecule has 7 heteroatoms. The number of benzene rings is 1. The first kappa shape index (κ1) is 14.2. The largest absolute Gasteiger partial charge is 0.350 e. The fraction of sp³-hybridized carbons (Fsp3) is 0.438. The van der Waals surface area contributed by atoms with Crippen LogP contribution in [0.1, 0.15) is 43.7 Å². The molecule has 0 radical (unpaired) electrons. The van der Waals surface area contributed by atoms with Gasteiger partial charge in [-0.25, -0.2) is 9.02 Å². The third-order valence-electron chi connectivity index (χ3n) is 4.37. The van der Waals surface area contributed by atoms with Crippen LogP contribution in [0.25, 0.3) is 0 Å². The first-order valence-corrected chi connectivity index (χ1v) is 7.99. The van der Waals surface area contributed by atoms with Gasteiger partial charge in [-0.05, 0) is 40.9 Å². The van der Waals surface area contributed by atoms with Crippen LogP contribution >= 0.6 is 0 Å². The molecule has 2 aromatic rings. The van der Waals surface area contributed by atoms with Crippen LogP contribution in [-0.4, -0.2) is 22.2 Å². The minimum absolute atomic E-state index is 0.273. The van der Waals surface area contributed by atoms with E-state index < -0.39 is 0 Å². The number of aromatic nitrogens is 2. The lowest BCUT2D eigenvalue weighted by atomic mass is 9.95. The molecule has 1 aromatic heterocycles. The van der Waals surface area contributed by atoms with Gasteiger partial charge in [-0.3, -0.25) is 4.99 Å². The van der Waals surface area contributed by atoms with Gasteiger partial charge in [-0.15, -0.1) is 0 Å². The Labute approximate surface area is 133 Å². The maximum atomic E-state index is 13.6. The van der Waals surface area contributed by atoms with E-state index in [9.17, 15) is 4.39 Å². The molecule has 1 saturated carbocycles. The quantitative estimate of drug-likeness (QED) is 0.887. The molecule has 1 aliphatic heterocycles. The minimum Gasteiger partial charge on any atom is -0.350 e. The summed E-state index contributed by atoms with van der Waals surface area (Å²) in [5.74, 6) is 1.50. The Bertz CT molecular complexity index is 723. The molecule has 0 spiro atoms. The molecule has 0 saturated heterocycles. The van der Waals surface area contributed by atoms with Gasteiger partial charge in [0.05, 0.1) is 6.04 Å². The highest BCUT2D eigenvalue weighted by Crippen LogP contribution is 2.31. The Balaban J connectivity index is 1.69. The van der Waals surface area contributed by atoms with Crippen molar-refractivity contribution in [2.45, 2.75) is 44.2 Å². The SMILES string of the molecule is Fc1cccc(C2Nc3nonc3NC2=NC2CCCCC2)c1. The van der Waals surface area contributed by atoms with Gasteiger partial charge < -0.3 is 10.6 Å². The van der Waals surface area contributed by atoms with Gasteiger partial charge in [0.25, 0.3) is 0 Å². The molecular formula is C16H18FN5O. The summed E-state index contributed by atoms with van der Waals surface area (Å²) in [6.07, 6.45) is 5.86. The Morgan fingerprint density at radius 2 is 1.96 bits per heavy atom. The number of fused-ring (bicyclic) bond motifs is 1. The van der Waals surface area contributed by atoms with E-state index in [1.807, 2.05) is 6.07 Å². The molecule has 2 aliphatic rings. The fourth-order valence-electron chi connectivity index (χ4n) is 3.20. The molecule has 1 unspecified atom stereocenters. The van der Waals surface area contributed by atoms with Crippen LogP contribution in [0.3, 0.4) is 0 Å². The van der Waals surface area contributed by atoms with Gasteiger partial charge in [-0.2, -0.15) is 0 Å². The lowest BCUT2D eigenvalue weighted by Crippen LogP contribution is -2.34. The van der Waals surface area contributed by atoms with Gasteiger partial charge in [0.1, 0.15) is 17.7 Å². The van der Waals surface area contributed by atoms with Crippen LogP contribution in [0.15, 0.2) is 33.9 Å². The van der Waals surface area contributed by atoms with Crippen molar-refractivity contribution in [3.8, 4) is 0 Å². The van der Waals surface area contributed by atoms with Crippen LogP contribution in [0.5, 0.6) is 0 Å². The van der Waals surface area contributed by atoms with Crippen molar-refractivity contribution in [1.29, 1.82) is 0 Å². The Morgan fingerprint density at radius 1 is 1.13 bits per heavy atom. The predicted octanol–water partition coefficient (Wildman–Crippen LogP) is 3.52. The zero-order chi connectivity index (χ0) is 15.6. The molecule has 2 heterocycles. The van der Waals surface area contributed by atoms with Crippen LogP contribution in [0, 0.1) is 5.82 Å². The van der Waals surface area contributed by atoms with E-state index in [-0.39, 0.29) is 11.9 Å². The van der Waals surface area contributed by atoms with Crippen molar-refractivity contribution in [3.63, 3.8) is 0 Å². The van der Waals surface area contributed by atoms with E-state index in [1.165, 1.54) is 31.4 Å². The van der Waals surface area contributed by atoms with E-state index in [4.69, 9.17) is 9.62 Å². The Kier molecular flexibility index (Phi) is 3.69. The zero-order valence-corrected chi connectivity index (χ0v) is 12.6. The summed E-state index contributed by atoms with van der Waals surface area (Å²) >= 11 is 0. The molecule has 4 rings (SSSR count). The highest BCUT2D eigenvalue weighted by atomic mass is 19.1. The molecule has 1 fully saturated rings. The summed E-state index contributed by atoms with van der Waals surface area (Å²) in [5.41, 5.74) is 0.792. The number of rotatable bonds is 2. The van der Waals surface area contributed by atoms with Crippen molar-refractivity contribution in [1.82, 2.24) is 10.3 Å². The molecule has 6 nitrogen and oxygen atoms in total. The monoisotopic (exact) mass is 315 g/mol. The highest BCUT2D eigenvalue weighted by Gasteiger charge is 2.30. The number of amidine groups is 1. The first-order valence-electron chi connectivity index (χ1n) is 7.99. The van der Waals surface area contributed by atoms with Crippen molar-refractivity contribution in [3.05, 3.63) is 35.6 Å². The number of nitrogens with one attached hydrogen (secondary N) is 2. The molecule has 23 heavy (non-hydrogen) atoms. The second-order valence-corrected chi connectivity index (χ2v) is 6.02. The number of nitrogens with zero attached hydrogens (tertiary/aromatic N) is 3. The number of aliphatic imine (C=N–C) groups is 1. The van der Waals surface area contributed by atoms with Crippen LogP contribution in [-0.2, 0) is 0 Å². The standard InChI is InChI=1S/C16H18FN5O/c17-11-6-4-5-10(9-11)13-14(18-12-7-2-1-3-8-12)20-16-15(19-13)21-23-22-16/h4-6,9,12-13H,1-3,7-8H2,(H,19,21)(H,18,20,22). The van der Waals surface area contributed by atoms with E-state index in [2.05, 4.69) is 20.9 Å². The molecule has 1 atom stereocenters. The van der Waals surface area contributed by atoms with E-state index >= 15 is 0 Å². The lowest BCUT2D eigenvalue weighted by molar-refractivity contribution is 0.310. The predicted molar refractivity (Wildman–Crippen MR) is 85.0 cm³/mol. The topological polar surface area (TPSA) is 75.3 Å². The second kappa shape index (κ2) is 5.98. The molecule has 0 amide bonds. The molecule has 0 bridgehead atoms. The average Bonchev–Trinajstić information content (AvgIpc) is 3.02. The van der Waals surface area contributed by atoms with Gasteiger partial charge in [-0.1, -0.05) is 31.4 Å². The van der Waals surface area contributed by atoms with Crippen molar-refractivity contribution in [2.75, 3.05) is 10.6 Å². The second-order valence-electron chi connectivity index (χ2n) is 6.02. The Hall–Kier alpha value is -2.44. The summed E-state index contributed by atoms with van der Waals surface area (Å²) < 4.78 is 18.4. The van der Waals surface area contributed by atoms with Crippen molar-refractivity contribution < 1.29 is 9.02 Å². The zero-order valence-electron chi connectivity index (χ0n) is 12.6. The number of halogens is 1. The van der Waals surface area contributed by atoms with Gasteiger partial charge in [0.15, 0.2) is 0 Å².